The van der Waals surface area contributed by atoms with Crippen molar-refractivity contribution in [3.63, 3.8) is 0 Å². The summed E-state index contributed by atoms with van der Waals surface area (Å²) < 4.78 is 26.5. The van der Waals surface area contributed by atoms with Gasteiger partial charge in [0.2, 0.25) is 0 Å². The Morgan fingerprint density at radius 2 is 1.76 bits per heavy atom. The minimum absolute atomic E-state index is 0.394. The Labute approximate surface area is 125 Å². The molecule has 1 heterocycles. The summed E-state index contributed by atoms with van der Waals surface area (Å²) in [4.78, 5) is 2.48. The van der Waals surface area contributed by atoms with Crippen molar-refractivity contribution in [2.24, 2.45) is 5.92 Å². The van der Waals surface area contributed by atoms with E-state index < -0.39 is 17.4 Å². The number of rotatable bonds is 6. The second-order valence-electron chi connectivity index (χ2n) is 6.09. The van der Waals surface area contributed by atoms with Crippen LogP contribution < -0.4 is 5.32 Å². The van der Waals surface area contributed by atoms with Gasteiger partial charge >= 0.3 is 0 Å². The number of aromatic hydroxyl groups is 1. The largest absolute Gasteiger partial charge is 0.503 e. The first-order valence-corrected chi connectivity index (χ1v) is 7.60. The molecule has 0 amide bonds. The van der Waals surface area contributed by atoms with E-state index in [1.165, 1.54) is 25.0 Å². The van der Waals surface area contributed by atoms with E-state index in [0.29, 0.717) is 24.1 Å². The fourth-order valence-electron chi connectivity index (χ4n) is 2.94. The van der Waals surface area contributed by atoms with Gasteiger partial charge in [-0.2, -0.15) is 0 Å². The van der Waals surface area contributed by atoms with E-state index in [-0.39, 0.29) is 0 Å². The molecule has 3 nitrogen and oxygen atoms in total. The Morgan fingerprint density at radius 1 is 1.19 bits per heavy atom. The Kier molecular flexibility index (Phi) is 5.53. The first-order valence-electron chi connectivity index (χ1n) is 7.60. The van der Waals surface area contributed by atoms with E-state index >= 15 is 0 Å². The molecule has 1 unspecified atom stereocenters. The van der Waals surface area contributed by atoms with Crippen LogP contribution in [0.3, 0.4) is 0 Å². The lowest BCUT2D eigenvalue weighted by molar-refractivity contribution is 0.186. The molecule has 1 saturated heterocycles. The predicted octanol–water partition coefficient (Wildman–Crippen LogP) is 2.88. The average molecular weight is 298 g/mol. The molecule has 0 spiro atoms. The average Bonchev–Trinajstić information content (AvgIpc) is 2.94. The lowest BCUT2D eigenvalue weighted by Crippen LogP contribution is -2.44. The number of halogens is 2. The molecular weight excluding hydrogens is 274 g/mol. The normalized spacial score (nSPS) is 17.6. The van der Waals surface area contributed by atoms with Crippen LogP contribution in [-0.4, -0.2) is 35.7 Å². The number of benzene rings is 1. The third-order valence-electron chi connectivity index (χ3n) is 4.14. The van der Waals surface area contributed by atoms with Crippen LogP contribution in [0.2, 0.25) is 0 Å². The Balaban J connectivity index is 1.90. The number of phenolic OH excluding ortho intramolecular Hbond substituents is 1. The maximum Gasteiger partial charge on any atom is 0.187 e. The van der Waals surface area contributed by atoms with E-state index in [4.69, 9.17) is 5.11 Å². The number of nitrogens with zero attached hydrogens (tertiary/aromatic N) is 1. The van der Waals surface area contributed by atoms with Crippen molar-refractivity contribution in [1.82, 2.24) is 10.2 Å². The van der Waals surface area contributed by atoms with E-state index in [1.54, 1.807) is 0 Å². The zero-order chi connectivity index (χ0) is 15.4. The van der Waals surface area contributed by atoms with Crippen molar-refractivity contribution < 1.29 is 13.9 Å². The Hall–Kier alpha value is -1.20. The summed E-state index contributed by atoms with van der Waals surface area (Å²) in [5.74, 6) is -2.20. The topological polar surface area (TPSA) is 35.5 Å². The third-order valence-corrected chi connectivity index (χ3v) is 4.14. The molecule has 1 aliphatic rings. The van der Waals surface area contributed by atoms with Crippen LogP contribution in [0.25, 0.3) is 0 Å². The molecule has 0 radical (unpaired) electrons. The number of phenols is 1. The molecule has 1 aromatic carbocycles. The summed E-state index contributed by atoms with van der Waals surface area (Å²) in [7, 11) is 0. The predicted molar refractivity (Wildman–Crippen MR) is 79.2 cm³/mol. The molecule has 1 aliphatic heterocycles. The van der Waals surface area contributed by atoms with Gasteiger partial charge in [-0.15, -0.1) is 0 Å². The van der Waals surface area contributed by atoms with Gasteiger partial charge in [-0.05, 0) is 49.5 Å². The maximum absolute atomic E-state index is 13.3. The first-order chi connectivity index (χ1) is 9.99. The van der Waals surface area contributed by atoms with E-state index in [1.807, 2.05) is 0 Å². The number of hydrogen-bond donors (Lipinski definition) is 2. The highest BCUT2D eigenvalue weighted by molar-refractivity contribution is 5.29. The van der Waals surface area contributed by atoms with E-state index in [2.05, 4.69) is 24.1 Å². The maximum atomic E-state index is 13.3. The van der Waals surface area contributed by atoms with Crippen LogP contribution in [0.5, 0.6) is 5.75 Å². The lowest BCUT2D eigenvalue weighted by Gasteiger charge is -2.31. The van der Waals surface area contributed by atoms with Crippen molar-refractivity contribution in [2.45, 2.75) is 39.3 Å². The molecule has 21 heavy (non-hydrogen) atoms. The summed E-state index contributed by atoms with van der Waals surface area (Å²) >= 11 is 0. The van der Waals surface area contributed by atoms with Gasteiger partial charge in [0.05, 0.1) is 0 Å². The third kappa shape index (κ3) is 4.14. The Bertz CT molecular complexity index is 450. The molecule has 1 atom stereocenters. The van der Waals surface area contributed by atoms with Crippen LogP contribution in [0, 0.1) is 17.6 Å². The highest BCUT2D eigenvalue weighted by Gasteiger charge is 2.24. The standard InChI is InChI=1S/C16H24F2N2O/c1-11(2)15(20-5-3-4-6-20)10-19-9-12-7-13(17)16(21)14(18)8-12/h7-8,11,15,19,21H,3-6,9-10H2,1-2H3. The SMILES string of the molecule is CC(C)C(CNCc1cc(F)c(O)c(F)c1)N1CCCC1. The molecule has 5 heteroatoms. The van der Waals surface area contributed by atoms with Crippen LogP contribution in [0.15, 0.2) is 12.1 Å². The molecule has 118 valence electrons. The summed E-state index contributed by atoms with van der Waals surface area (Å²) in [5, 5.41) is 12.4. The number of hydrogen-bond acceptors (Lipinski definition) is 3. The molecule has 0 aromatic heterocycles. The van der Waals surface area contributed by atoms with Crippen LogP contribution in [0.4, 0.5) is 8.78 Å². The zero-order valence-electron chi connectivity index (χ0n) is 12.7. The Morgan fingerprint density at radius 3 is 2.29 bits per heavy atom. The van der Waals surface area contributed by atoms with Crippen molar-refractivity contribution >= 4 is 0 Å². The molecule has 0 bridgehead atoms. The van der Waals surface area contributed by atoms with Gasteiger partial charge in [-0.3, -0.25) is 4.90 Å². The highest BCUT2D eigenvalue weighted by Crippen LogP contribution is 2.21. The minimum atomic E-state index is -0.910. The molecule has 0 aliphatic carbocycles. The first kappa shape index (κ1) is 16.2. The smallest absolute Gasteiger partial charge is 0.187 e. The van der Waals surface area contributed by atoms with Gasteiger partial charge in [0.25, 0.3) is 0 Å². The van der Waals surface area contributed by atoms with Gasteiger partial charge in [0.1, 0.15) is 0 Å². The van der Waals surface area contributed by atoms with Crippen molar-refractivity contribution in [1.29, 1.82) is 0 Å². The monoisotopic (exact) mass is 298 g/mol. The second kappa shape index (κ2) is 7.18. The van der Waals surface area contributed by atoms with Gasteiger partial charge in [-0.1, -0.05) is 13.8 Å². The highest BCUT2D eigenvalue weighted by atomic mass is 19.1. The quantitative estimate of drug-likeness (QED) is 0.847. The van der Waals surface area contributed by atoms with E-state index in [0.717, 1.165) is 19.6 Å². The number of likely N-dealkylation sites (tertiary alicyclic amines) is 1. The second-order valence-corrected chi connectivity index (χ2v) is 6.09. The van der Waals surface area contributed by atoms with Gasteiger partial charge in [0, 0.05) is 19.1 Å². The fraction of sp³-hybridized carbons (Fsp3) is 0.625. The van der Waals surface area contributed by atoms with Crippen LogP contribution in [0.1, 0.15) is 32.3 Å². The van der Waals surface area contributed by atoms with Gasteiger partial charge in [0.15, 0.2) is 17.4 Å². The summed E-state index contributed by atoms with van der Waals surface area (Å²) in [6.07, 6.45) is 2.50. The van der Waals surface area contributed by atoms with Crippen LogP contribution >= 0.6 is 0 Å². The van der Waals surface area contributed by atoms with Gasteiger partial charge < -0.3 is 10.4 Å². The molecule has 2 rings (SSSR count). The number of nitrogens with one attached hydrogen (secondary N) is 1. The molecule has 0 saturated carbocycles. The fourth-order valence-corrected chi connectivity index (χ4v) is 2.94. The van der Waals surface area contributed by atoms with E-state index in [9.17, 15) is 8.78 Å². The molecule has 1 fully saturated rings. The molecule has 1 aromatic rings. The molecular formula is C16H24F2N2O. The van der Waals surface area contributed by atoms with Gasteiger partial charge in [-0.25, -0.2) is 8.78 Å². The van der Waals surface area contributed by atoms with Crippen molar-refractivity contribution in [3.8, 4) is 5.75 Å². The summed E-state index contributed by atoms with van der Waals surface area (Å²) in [6.45, 7) is 7.85. The van der Waals surface area contributed by atoms with Crippen LogP contribution in [-0.2, 0) is 6.54 Å². The summed E-state index contributed by atoms with van der Waals surface area (Å²) in [5.41, 5.74) is 0.506. The zero-order valence-corrected chi connectivity index (χ0v) is 12.7. The molecule has 2 N–H and O–H groups in total. The lowest BCUT2D eigenvalue weighted by atomic mass is 10.0. The minimum Gasteiger partial charge on any atom is -0.503 e. The van der Waals surface area contributed by atoms with Crippen molar-refractivity contribution in [2.75, 3.05) is 19.6 Å². The van der Waals surface area contributed by atoms with Crippen molar-refractivity contribution in [3.05, 3.63) is 29.3 Å². The summed E-state index contributed by atoms with van der Waals surface area (Å²) in [6, 6.07) is 2.79.